The summed E-state index contributed by atoms with van der Waals surface area (Å²) in [5.74, 6) is 0.626. The van der Waals surface area contributed by atoms with E-state index in [0.717, 1.165) is 25.2 Å². The smallest absolute Gasteiger partial charge is 0.239 e. The molecule has 110 valence electrons. The van der Waals surface area contributed by atoms with Crippen LogP contribution in [0, 0.1) is 5.92 Å². The molecule has 0 aromatic heterocycles. The largest absolute Gasteiger partial charge is 0.344 e. The Labute approximate surface area is 121 Å². The highest BCUT2D eigenvalue weighted by Crippen LogP contribution is 2.15. The molecule has 1 aliphatic heterocycles. The van der Waals surface area contributed by atoms with Crippen molar-refractivity contribution in [1.29, 1.82) is 0 Å². The van der Waals surface area contributed by atoms with Gasteiger partial charge >= 0.3 is 0 Å². The monoisotopic (exact) mass is 275 g/mol. The first-order valence-corrected chi connectivity index (χ1v) is 7.29. The van der Waals surface area contributed by atoms with Crippen LogP contribution >= 0.6 is 0 Å². The average molecular weight is 275 g/mol. The molecule has 0 radical (unpaired) electrons. The molecule has 2 rings (SSSR count). The first kappa shape index (κ1) is 15.0. The van der Waals surface area contributed by atoms with Crippen LogP contribution in [0.3, 0.4) is 0 Å². The minimum Gasteiger partial charge on any atom is -0.344 e. The van der Waals surface area contributed by atoms with Crippen molar-refractivity contribution in [2.75, 3.05) is 33.7 Å². The fourth-order valence-electron chi connectivity index (χ4n) is 2.89. The van der Waals surface area contributed by atoms with E-state index in [2.05, 4.69) is 11.9 Å². The van der Waals surface area contributed by atoms with E-state index >= 15 is 0 Å². The van der Waals surface area contributed by atoms with Crippen molar-refractivity contribution in [3.05, 3.63) is 35.9 Å². The zero-order valence-electron chi connectivity index (χ0n) is 12.5. The third kappa shape index (κ3) is 4.05. The molecule has 20 heavy (non-hydrogen) atoms. The Morgan fingerprint density at radius 2 is 2.15 bits per heavy atom. The topological polar surface area (TPSA) is 49.6 Å². The zero-order valence-corrected chi connectivity index (χ0v) is 12.5. The Hall–Kier alpha value is -1.39. The van der Waals surface area contributed by atoms with Gasteiger partial charge in [-0.05, 0) is 37.9 Å². The maximum atomic E-state index is 12.3. The standard InChI is InChI=1S/C16H25N3O/c1-18-9-8-14(11-18)12-19(2)16(20)15(17)10-13-6-4-3-5-7-13/h3-7,14-15H,8-12,17H2,1-2H3/t14?,15-/m0/s1. The summed E-state index contributed by atoms with van der Waals surface area (Å²) < 4.78 is 0. The second-order valence-corrected chi connectivity index (χ2v) is 5.93. The Kier molecular flexibility index (Phi) is 5.15. The first-order valence-electron chi connectivity index (χ1n) is 7.29. The number of carbonyl (C=O) groups is 1. The molecule has 0 saturated carbocycles. The molecule has 1 aliphatic rings. The van der Waals surface area contributed by atoms with Crippen LogP contribution < -0.4 is 5.73 Å². The number of nitrogens with two attached hydrogens (primary N) is 1. The lowest BCUT2D eigenvalue weighted by atomic mass is 10.0. The number of amides is 1. The number of carbonyl (C=O) groups excluding carboxylic acids is 1. The van der Waals surface area contributed by atoms with Gasteiger partial charge in [-0.15, -0.1) is 0 Å². The van der Waals surface area contributed by atoms with Crippen LogP contribution in [-0.4, -0.2) is 55.5 Å². The molecule has 0 bridgehead atoms. The van der Waals surface area contributed by atoms with E-state index in [9.17, 15) is 4.79 Å². The highest BCUT2D eigenvalue weighted by atomic mass is 16.2. The number of rotatable bonds is 5. The van der Waals surface area contributed by atoms with Gasteiger partial charge in [0.15, 0.2) is 0 Å². The molecule has 1 fully saturated rings. The summed E-state index contributed by atoms with van der Waals surface area (Å²) >= 11 is 0. The van der Waals surface area contributed by atoms with Gasteiger partial charge in [0.1, 0.15) is 0 Å². The van der Waals surface area contributed by atoms with Gasteiger partial charge < -0.3 is 15.5 Å². The predicted molar refractivity (Wildman–Crippen MR) is 81.4 cm³/mol. The van der Waals surface area contributed by atoms with Crippen LogP contribution in [0.4, 0.5) is 0 Å². The molecule has 1 aromatic carbocycles. The van der Waals surface area contributed by atoms with Gasteiger partial charge in [-0.25, -0.2) is 0 Å². The Bertz CT molecular complexity index is 435. The second kappa shape index (κ2) is 6.86. The lowest BCUT2D eigenvalue weighted by molar-refractivity contribution is -0.131. The molecule has 1 amide bonds. The molecule has 2 atom stereocenters. The molecular weight excluding hydrogens is 250 g/mol. The van der Waals surface area contributed by atoms with Crippen molar-refractivity contribution < 1.29 is 4.79 Å². The molecular formula is C16H25N3O. The van der Waals surface area contributed by atoms with Gasteiger partial charge in [0.2, 0.25) is 5.91 Å². The molecule has 1 heterocycles. The average Bonchev–Trinajstić information content (AvgIpc) is 2.84. The fourth-order valence-corrected chi connectivity index (χ4v) is 2.89. The van der Waals surface area contributed by atoms with E-state index in [1.165, 1.54) is 6.42 Å². The Morgan fingerprint density at radius 3 is 2.75 bits per heavy atom. The fraction of sp³-hybridized carbons (Fsp3) is 0.562. The van der Waals surface area contributed by atoms with E-state index < -0.39 is 6.04 Å². The summed E-state index contributed by atoms with van der Waals surface area (Å²) in [4.78, 5) is 16.4. The lowest BCUT2D eigenvalue weighted by Gasteiger charge is -2.24. The molecule has 4 heteroatoms. The second-order valence-electron chi connectivity index (χ2n) is 5.93. The summed E-state index contributed by atoms with van der Waals surface area (Å²) in [7, 11) is 3.99. The summed E-state index contributed by atoms with van der Waals surface area (Å²) in [6.45, 7) is 3.01. The molecule has 0 spiro atoms. The number of likely N-dealkylation sites (N-methyl/N-ethyl adjacent to an activating group) is 1. The third-order valence-electron chi connectivity index (χ3n) is 4.01. The minimum absolute atomic E-state index is 0.0448. The predicted octanol–water partition coefficient (Wildman–Crippen LogP) is 0.967. The summed E-state index contributed by atoms with van der Waals surface area (Å²) in [5, 5.41) is 0. The summed E-state index contributed by atoms with van der Waals surface area (Å²) in [5.41, 5.74) is 7.16. The molecule has 2 N–H and O–H groups in total. The van der Waals surface area contributed by atoms with Crippen LogP contribution in [0.5, 0.6) is 0 Å². The molecule has 1 aromatic rings. The molecule has 0 aliphatic carbocycles. The van der Waals surface area contributed by atoms with Gasteiger partial charge in [-0.2, -0.15) is 0 Å². The van der Waals surface area contributed by atoms with Crippen LogP contribution in [-0.2, 0) is 11.2 Å². The highest BCUT2D eigenvalue weighted by molar-refractivity contribution is 5.81. The number of benzene rings is 1. The van der Waals surface area contributed by atoms with Crippen LogP contribution in [0.15, 0.2) is 30.3 Å². The maximum Gasteiger partial charge on any atom is 0.239 e. The highest BCUT2D eigenvalue weighted by Gasteiger charge is 2.25. The van der Waals surface area contributed by atoms with Crippen molar-refractivity contribution >= 4 is 5.91 Å². The molecule has 4 nitrogen and oxygen atoms in total. The van der Waals surface area contributed by atoms with E-state index in [1.54, 1.807) is 4.90 Å². The van der Waals surface area contributed by atoms with E-state index in [1.807, 2.05) is 37.4 Å². The van der Waals surface area contributed by atoms with Gasteiger partial charge in [0.25, 0.3) is 0 Å². The third-order valence-corrected chi connectivity index (χ3v) is 4.01. The van der Waals surface area contributed by atoms with Gasteiger partial charge in [0, 0.05) is 20.1 Å². The Morgan fingerprint density at radius 1 is 1.45 bits per heavy atom. The van der Waals surface area contributed by atoms with E-state index in [4.69, 9.17) is 5.73 Å². The van der Waals surface area contributed by atoms with Crippen LogP contribution in [0.1, 0.15) is 12.0 Å². The SMILES string of the molecule is CN1CCC(CN(C)C(=O)[C@@H](N)Cc2ccccc2)C1. The van der Waals surface area contributed by atoms with Crippen molar-refractivity contribution in [3.63, 3.8) is 0 Å². The summed E-state index contributed by atoms with van der Waals surface area (Å²) in [6, 6.07) is 9.51. The number of nitrogens with zero attached hydrogens (tertiary/aromatic N) is 2. The van der Waals surface area contributed by atoms with E-state index in [-0.39, 0.29) is 5.91 Å². The lowest BCUT2D eigenvalue weighted by Crippen LogP contribution is -2.45. The Balaban J connectivity index is 1.83. The number of hydrogen-bond acceptors (Lipinski definition) is 3. The number of likely N-dealkylation sites (tertiary alicyclic amines) is 1. The zero-order chi connectivity index (χ0) is 14.5. The normalized spacial score (nSPS) is 20.9. The van der Waals surface area contributed by atoms with E-state index in [0.29, 0.717) is 12.3 Å². The van der Waals surface area contributed by atoms with Crippen LogP contribution in [0.25, 0.3) is 0 Å². The molecule has 1 saturated heterocycles. The van der Waals surface area contributed by atoms with Crippen molar-refractivity contribution in [3.8, 4) is 0 Å². The van der Waals surface area contributed by atoms with Gasteiger partial charge in [-0.3, -0.25) is 4.79 Å². The van der Waals surface area contributed by atoms with Crippen LogP contribution in [0.2, 0.25) is 0 Å². The van der Waals surface area contributed by atoms with Crippen molar-refractivity contribution in [1.82, 2.24) is 9.80 Å². The number of hydrogen-bond donors (Lipinski definition) is 1. The maximum absolute atomic E-state index is 12.3. The first-order chi connectivity index (χ1) is 9.56. The van der Waals surface area contributed by atoms with Gasteiger partial charge in [-0.1, -0.05) is 30.3 Å². The summed E-state index contributed by atoms with van der Waals surface area (Å²) in [6.07, 6.45) is 1.77. The minimum atomic E-state index is -0.443. The van der Waals surface area contributed by atoms with Gasteiger partial charge in [0.05, 0.1) is 6.04 Å². The molecule has 1 unspecified atom stereocenters. The quantitative estimate of drug-likeness (QED) is 0.871. The van der Waals surface area contributed by atoms with Crippen molar-refractivity contribution in [2.24, 2.45) is 11.7 Å². The van der Waals surface area contributed by atoms with Crippen molar-refractivity contribution in [2.45, 2.75) is 18.9 Å².